The number of aliphatic hydroxyl groups excluding tert-OH is 1. The molecule has 2 N–H and O–H groups in total. The molecule has 1 saturated heterocycles. The Morgan fingerprint density at radius 2 is 2.26 bits per heavy atom. The molecule has 1 atom stereocenters. The van der Waals surface area contributed by atoms with Crippen molar-refractivity contribution in [3.8, 4) is 6.01 Å². The summed E-state index contributed by atoms with van der Waals surface area (Å²) in [6, 6.07) is 0.318. The molecular weight excluding hydrogens is 246 g/mol. The molecule has 1 aromatic rings. The van der Waals surface area contributed by atoms with Gasteiger partial charge in [-0.1, -0.05) is 0 Å². The average molecular weight is 267 g/mol. The van der Waals surface area contributed by atoms with E-state index in [0.29, 0.717) is 23.8 Å². The first-order chi connectivity index (χ1) is 9.26. The lowest BCUT2D eigenvalue weighted by Gasteiger charge is -2.32. The number of nitrogens with zero attached hydrogens (tertiary/aromatic N) is 4. The van der Waals surface area contributed by atoms with Crippen LogP contribution in [0.5, 0.6) is 6.01 Å². The van der Waals surface area contributed by atoms with Gasteiger partial charge in [-0.15, -0.1) is 0 Å². The molecule has 2 rings (SSSR count). The van der Waals surface area contributed by atoms with Gasteiger partial charge in [0.25, 0.3) is 0 Å². The van der Waals surface area contributed by atoms with Crippen molar-refractivity contribution in [1.82, 2.24) is 15.0 Å². The van der Waals surface area contributed by atoms with Crippen LogP contribution < -0.4 is 15.0 Å². The fourth-order valence-corrected chi connectivity index (χ4v) is 2.36. The third-order valence-electron chi connectivity index (χ3n) is 3.35. The maximum atomic E-state index is 9.05. The van der Waals surface area contributed by atoms with Crippen molar-refractivity contribution in [3.05, 3.63) is 0 Å². The van der Waals surface area contributed by atoms with Crippen molar-refractivity contribution < 1.29 is 9.84 Å². The van der Waals surface area contributed by atoms with Gasteiger partial charge in [-0.2, -0.15) is 15.0 Å². The summed E-state index contributed by atoms with van der Waals surface area (Å²) in [7, 11) is 3.31. The monoisotopic (exact) mass is 267 g/mol. The van der Waals surface area contributed by atoms with E-state index in [0.717, 1.165) is 32.4 Å². The van der Waals surface area contributed by atoms with Gasteiger partial charge in [0.15, 0.2) is 0 Å². The Bertz CT molecular complexity index is 391. The van der Waals surface area contributed by atoms with Crippen molar-refractivity contribution >= 4 is 11.9 Å². The molecule has 1 unspecified atom stereocenters. The molecule has 1 fully saturated rings. The van der Waals surface area contributed by atoms with Crippen LogP contribution in [0.3, 0.4) is 0 Å². The summed E-state index contributed by atoms with van der Waals surface area (Å²) in [5, 5.41) is 12.0. The topological polar surface area (TPSA) is 83.4 Å². The molecule has 2 heterocycles. The van der Waals surface area contributed by atoms with Crippen LogP contribution in [0.1, 0.15) is 19.3 Å². The van der Waals surface area contributed by atoms with Crippen LogP contribution in [0.2, 0.25) is 0 Å². The fraction of sp³-hybridized carbons (Fsp3) is 0.750. The minimum absolute atomic E-state index is 0.237. The van der Waals surface area contributed by atoms with Crippen molar-refractivity contribution in [1.29, 1.82) is 0 Å². The van der Waals surface area contributed by atoms with E-state index in [-0.39, 0.29) is 6.61 Å². The standard InChI is InChI=1S/C12H21N5O2/c1-13-10-14-11(16-12(15-10)19-2)17-6-3-4-9(8-17)5-7-18/h9,18H,3-8H2,1-2H3,(H,13,14,15,16). The zero-order chi connectivity index (χ0) is 13.7. The fourth-order valence-electron chi connectivity index (χ4n) is 2.36. The number of hydrogen-bond acceptors (Lipinski definition) is 7. The number of ether oxygens (including phenoxy) is 1. The Morgan fingerprint density at radius 3 is 2.95 bits per heavy atom. The normalized spacial score (nSPS) is 19.3. The summed E-state index contributed by atoms with van der Waals surface area (Å²) >= 11 is 0. The maximum absolute atomic E-state index is 9.05. The Labute approximate surface area is 113 Å². The molecule has 0 amide bonds. The van der Waals surface area contributed by atoms with Crippen LogP contribution in [-0.4, -0.2) is 53.9 Å². The Kier molecular flexibility index (Phi) is 4.73. The predicted molar refractivity (Wildman–Crippen MR) is 72.6 cm³/mol. The van der Waals surface area contributed by atoms with Crippen LogP contribution in [0, 0.1) is 5.92 Å². The number of rotatable bonds is 5. The Morgan fingerprint density at radius 1 is 1.42 bits per heavy atom. The molecule has 1 aliphatic rings. The molecule has 0 aromatic carbocycles. The number of methoxy groups -OCH3 is 1. The highest BCUT2D eigenvalue weighted by atomic mass is 16.5. The molecule has 0 saturated carbocycles. The van der Waals surface area contributed by atoms with Crippen LogP contribution in [0.4, 0.5) is 11.9 Å². The Hall–Kier alpha value is -1.63. The third-order valence-corrected chi connectivity index (χ3v) is 3.35. The highest BCUT2D eigenvalue weighted by Gasteiger charge is 2.22. The number of anilines is 2. The zero-order valence-corrected chi connectivity index (χ0v) is 11.5. The minimum Gasteiger partial charge on any atom is -0.467 e. The zero-order valence-electron chi connectivity index (χ0n) is 11.5. The molecule has 1 aromatic heterocycles. The van der Waals surface area contributed by atoms with E-state index < -0.39 is 0 Å². The van der Waals surface area contributed by atoms with E-state index >= 15 is 0 Å². The smallest absolute Gasteiger partial charge is 0.322 e. The van der Waals surface area contributed by atoms with Gasteiger partial charge in [-0.05, 0) is 25.2 Å². The third kappa shape index (κ3) is 3.44. The molecule has 0 aliphatic carbocycles. The number of nitrogens with one attached hydrogen (secondary N) is 1. The van der Waals surface area contributed by atoms with Crippen LogP contribution in [-0.2, 0) is 0 Å². The minimum atomic E-state index is 0.237. The molecule has 1 aliphatic heterocycles. The van der Waals surface area contributed by atoms with Crippen LogP contribution in [0.25, 0.3) is 0 Å². The van der Waals surface area contributed by atoms with E-state index in [2.05, 4.69) is 25.2 Å². The molecule has 19 heavy (non-hydrogen) atoms. The van der Waals surface area contributed by atoms with Gasteiger partial charge < -0.3 is 20.1 Å². The first-order valence-electron chi connectivity index (χ1n) is 6.60. The van der Waals surface area contributed by atoms with Crippen LogP contribution >= 0.6 is 0 Å². The summed E-state index contributed by atoms with van der Waals surface area (Å²) in [5.41, 5.74) is 0. The lowest BCUT2D eigenvalue weighted by molar-refractivity contribution is 0.243. The molecule has 7 nitrogen and oxygen atoms in total. The number of piperidine rings is 1. The van der Waals surface area contributed by atoms with E-state index in [4.69, 9.17) is 9.84 Å². The maximum Gasteiger partial charge on any atom is 0.322 e. The number of aromatic nitrogens is 3. The predicted octanol–water partition coefficient (Wildman–Crippen LogP) is 0.521. The summed E-state index contributed by atoms with van der Waals surface area (Å²) in [6.45, 7) is 2.04. The lowest BCUT2D eigenvalue weighted by Crippen LogP contribution is -2.37. The highest BCUT2D eigenvalue weighted by Crippen LogP contribution is 2.23. The molecule has 0 spiro atoms. The number of aliphatic hydroxyl groups is 1. The molecule has 0 radical (unpaired) electrons. The van der Waals surface area contributed by atoms with Gasteiger partial charge in [-0.25, -0.2) is 0 Å². The summed E-state index contributed by atoms with van der Waals surface area (Å²) in [5.74, 6) is 1.64. The molecule has 106 valence electrons. The second-order valence-electron chi connectivity index (χ2n) is 4.66. The first kappa shape index (κ1) is 13.8. The summed E-state index contributed by atoms with van der Waals surface area (Å²) in [6.07, 6.45) is 3.07. The van der Waals surface area contributed by atoms with E-state index in [1.165, 1.54) is 0 Å². The van der Waals surface area contributed by atoms with Gasteiger partial charge in [0, 0.05) is 26.7 Å². The van der Waals surface area contributed by atoms with Gasteiger partial charge in [0.1, 0.15) is 0 Å². The second kappa shape index (κ2) is 6.51. The van der Waals surface area contributed by atoms with Crippen molar-refractivity contribution in [3.63, 3.8) is 0 Å². The lowest BCUT2D eigenvalue weighted by atomic mass is 9.95. The highest BCUT2D eigenvalue weighted by molar-refractivity contribution is 5.38. The largest absolute Gasteiger partial charge is 0.467 e. The summed E-state index contributed by atoms with van der Waals surface area (Å²) in [4.78, 5) is 14.9. The number of hydrogen-bond donors (Lipinski definition) is 2. The second-order valence-corrected chi connectivity index (χ2v) is 4.66. The Balaban J connectivity index is 2.15. The van der Waals surface area contributed by atoms with Crippen molar-refractivity contribution in [2.75, 3.05) is 44.1 Å². The summed E-state index contributed by atoms with van der Waals surface area (Å²) < 4.78 is 5.09. The van der Waals surface area contributed by atoms with E-state index in [9.17, 15) is 0 Å². The van der Waals surface area contributed by atoms with Crippen LogP contribution in [0.15, 0.2) is 0 Å². The van der Waals surface area contributed by atoms with Crippen molar-refractivity contribution in [2.24, 2.45) is 5.92 Å². The SMILES string of the molecule is CNc1nc(OC)nc(N2CCCC(CCO)C2)n1. The average Bonchev–Trinajstić information content (AvgIpc) is 2.47. The molecule has 7 heteroatoms. The molecular formula is C12H21N5O2. The van der Waals surface area contributed by atoms with Gasteiger partial charge >= 0.3 is 6.01 Å². The van der Waals surface area contributed by atoms with Gasteiger partial charge in [0.05, 0.1) is 7.11 Å². The van der Waals surface area contributed by atoms with Crippen molar-refractivity contribution in [2.45, 2.75) is 19.3 Å². The quantitative estimate of drug-likeness (QED) is 0.804. The van der Waals surface area contributed by atoms with Gasteiger partial charge in [0.2, 0.25) is 11.9 Å². The van der Waals surface area contributed by atoms with E-state index in [1.54, 1.807) is 14.2 Å². The molecule has 0 bridgehead atoms. The first-order valence-corrected chi connectivity index (χ1v) is 6.60. The van der Waals surface area contributed by atoms with Gasteiger partial charge in [-0.3, -0.25) is 0 Å². The van der Waals surface area contributed by atoms with E-state index in [1.807, 2.05) is 0 Å².